The van der Waals surface area contributed by atoms with Crippen molar-refractivity contribution in [3.05, 3.63) is 34.4 Å². The van der Waals surface area contributed by atoms with Crippen LogP contribution in [0.25, 0.3) is 6.08 Å². The van der Waals surface area contributed by atoms with Gasteiger partial charge in [0.2, 0.25) is 0 Å². The maximum atomic E-state index is 12.0. The fourth-order valence-corrected chi connectivity index (χ4v) is 1.45. The molecule has 3 N–H and O–H groups in total. The molecule has 0 spiro atoms. The lowest BCUT2D eigenvalue weighted by atomic mass is 10.1. The van der Waals surface area contributed by atoms with E-state index in [0.29, 0.717) is 5.56 Å². The summed E-state index contributed by atoms with van der Waals surface area (Å²) < 4.78 is 39.7. The number of rotatable bonds is 4. The number of alkyl halides is 3. The molecule has 0 fully saturated rings. The minimum absolute atomic E-state index is 0.0967. The van der Waals surface area contributed by atoms with Gasteiger partial charge in [-0.3, -0.25) is 0 Å². The Morgan fingerprint density at radius 1 is 1.47 bits per heavy atom. The lowest BCUT2D eigenvalue weighted by Gasteiger charge is -2.10. The number of carbonyl (C=O) groups is 1. The Kier molecular flexibility index (Phi) is 4.79. The number of halogens is 4. The molecular weight excluding hydrogens is 287 g/mol. The highest BCUT2D eigenvalue weighted by Crippen LogP contribution is 2.31. The predicted molar refractivity (Wildman–Crippen MR) is 62.8 cm³/mol. The van der Waals surface area contributed by atoms with Crippen LogP contribution >= 0.6 is 11.6 Å². The molecule has 1 aromatic carbocycles. The summed E-state index contributed by atoms with van der Waals surface area (Å²) in [6.07, 6.45) is -3.63. The number of benzene rings is 1. The molecule has 0 aromatic heterocycles. The molecule has 0 bridgehead atoms. The molecule has 0 saturated carbocycles. The van der Waals surface area contributed by atoms with E-state index in [0.717, 1.165) is 12.1 Å². The highest BCUT2D eigenvalue weighted by atomic mass is 35.5. The molecule has 1 rings (SSSR count). The van der Waals surface area contributed by atoms with Gasteiger partial charge in [0.25, 0.3) is 0 Å². The Labute approximate surface area is 111 Å². The Morgan fingerprint density at radius 2 is 2.11 bits per heavy atom. The van der Waals surface area contributed by atoms with E-state index < -0.39 is 18.1 Å². The molecule has 0 unspecified atom stereocenters. The third-order valence-electron chi connectivity index (χ3n) is 2.02. The van der Waals surface area contributed by atoms with Gasteiger partial charge >= 0.3 is 12.3 Å². The average Bonchev–Trinajstić information content (AvgIpc) is 2.27. The fourth-order valence-electron chi connectivity index (χ4n) is 1.22. The minimum atomic E-state index is -4.84. The third kappa shape index (κ3) is 4.80. The zero-order valence-electron chi connectivity index (χ0n) is 9.37. The summed E-state index contributed by atoms with van der Waals surface area (Å²) in [6, 6.07) is 3.39. The summed E-state index contributed by atoms with van der Waals surface area (Å²) in [6.45, 7) is -0.215. The number of ether oxygens (including phenoxy) is 1. The number of hydrogen-bond acceptors (Lipinski definition) is 3. The van der Waals surface area contributed by atoms with Gasteiger partial charge in [0.15, 0.2) is 0 Å². The van der Waals surface area contributed by atoms with E-state index in [1.165, 1.54) is 12.1 Å². The number of carboxylic acid groups (broad SMARTS) is 1. The van der Waals surface area contributed by atoms with Crippen molar-refractivity contribution in [2.75, 3.05) is 6.54 Å². The van der Waals surface area contributed by atoms with Gasteiger partial charge in [-0.05, 0) is 23.8 Å². The Morgan fingerprint density at radius 3 is 2.53 bits per heavy atom. The molecule has 19 heavy (non-hydrogen) atoms. The van der Waals surface area contributed by atoms with E-state index >= 15 is 0 Å². The first-order valence-electron chi connectivity index (χ1n) is 4.92. The Hall–Kier alpha value is -1.73. The number of nitrogens with two attached hydrogens (primary N) is 1. The summed E-state index contributed by atoms with van der Waals surface area (Å²) in [5, 5.41) is 8.47. The molecule has 0 aliphatic carbocycles. The maximum Gasteiger partial charge on any atom is 0.573 e. The van der Waals surface area contributed by atoms with Crippen molar-refractivity contribution in [3.8, 4) is 5.75 Å². The van der Waals surface area contributed by atoms with E-state index in [9.17, 15) is 18.0 Å². The second-order valence-corrected chi connectivity index (χ2v) is 3.82. The summed E-state index contributed by atoms with van der Waals surface area (Å²) in [5.74, 6) is -1.77. The summed E-state index contributed by atoms with van der Waals surface area (Å²) in [5.41, 5.74) is 5.43. The molecule has 0 radical (unpaired) electrons. The van der Waals surface area contributed by atoms with Crippen molar-refractivity contribution in [3.63, 3.8) is 0 Å². The maximum absolute atomic E-state index is 12.0. The lowest BCUT2D eigenvalue weighted by molar-refractivity contribution is -0.274. The molecule has 0 aliphatic rings. The number of carboxylic acids is 1. The molecule has 0 heterocycles. The molecular formula is C11H9ClF3NO3. The van der Waals surface area contributed by atoms with Crippen molar-refractivity contribution >= 4 is 23.6 Å². The van der Waals surface area contributed by atoms with Crippen molar-refractivity contribution in [1.82, 2.24) is 0 Å². The average molecular weight is 296 g/mol. The van der Waals surface area contributed by atoms with Crippen LogP contribution in [-0.2, 0) is 4.79 Å². The molecule has 4 nitrogen and oxygen atoms in total. The van der Waals surface area contributed by atoms with Gasteiger partial charge in [0, 0.05) is 6.54 Å². The minimum Gasteiger partial charge on any atom is -0.478 e. The Balaban J connectivity index is 3.03. The molecule has 104 valence electrons. The fraction of sp³-hybridized carbons (Fsp3) is 0.182. The van der Waals surface area contributed by atoms with E-state index in [1.807, 2.05) is 0 Å². The number of hydrogen-bond donors (Lipinski definition) is 2. The second kappa shape index (κ2) is 5.94. The molecule has 0 amide bonds. The van der Waals surface area contributed by atoms with E-state index in [1.54, 1.807) is 0 Å². The molecule has 8 heteroatoms. The van der Waals surface area contributed by atoms with Crippen LogP contribution in [-0.4, -0.2) is 24.0 Å². The first kappa shape index (κ1) is 15.3. The zero-order valence-corrected chi connectivity index (χ0v) is 10.1. The quantitative estimate of drug-likeness (QED) is 0.838. The van der Waals surface area contributed by atoms with Crippen LogP contribution in [0, 0.1) is 0 Å². The Bertz CT molecular complexity index is 514. The summed E-state index contributed by atoms with van der Waals surface area (Å²) >= 11 is 5.61. The molecule has 0 atom stereocenters. The van der Waals surface area contributed by atoms with Gasteiger partial charge in [0.05, 0.1) is 10.6 Å². The smallest absolute Gasteiger partial charge is 0.478 e. The van der Waals surface area contributed by atoms with Crippen molar-refractivity contribution < 1.29 is 27.8 Å². The van der Waals surface area contributed by atoms with E-state index in [4.69, 9.17) is 22.4 Å². The van der Waals surface area contributed by atoms with Gasteiger partial charge in [-0.25, -0.2) is 4.79 Å². The highest BCUT2D eigenvalue weighted by Gasteiger charge is 2.31. The molecule has 1 aromatic rings. The monoisotopic (exact) mass is 295 g/mol. The predicted octanol–water partition coefficient (Wildman–Crippen LogP) is 2.67. The summed E-state index contributed by atoms with van der Waals surface area (Å²) in [4.78, 5) is 10.7. The van der Waals surface area contributed by atoms with Gasteiger partial charge in [0.1, 0.15) is 5.75 Å². The van der Waals surface area contributed by atoms with Gasteiger partial charge < -0.3 is 15.6 Å². The van der Waals surface area contributed by atoms with E-state index in [2.05, 4.69) is 4.74 Å². The van der Waals surface area contributed by atoms with Gasteiger partial charge in [-0.15, -0.1) is 13.2 Å². The SMILES string of the molecule is NCC(=Cc1ccc(OC(F)(F)F)c(Cl)c1)C(=O)O. The highest BCUT2D eigenvalue weighted by molar-refractivity contribution is 6.32. The van der Waals surface area contributed by atoms with Crippen molar-refractivity contribution in [1.29, 1.82) is 0 Å². The molecule has 0 saturated heterocycles. The normalized spacial score (nSPS) is 12.4. The van der Waals surface area contributed by atoms with Crippen LogP contribution in [0.5, 0.6) is 5.75 Å². The van der Waals surface area contributed by atoms with Gasteiger partial charge in [-0.1, -0.05) is 17.7 Å². The number of aliphatic carboxylic acids is 1. The van der Waals surface area contributed by atoms with Crippen LogP contribution in [0.15, 0.2) is 23.8 Å². The first-order valence-corrected chi connectivity index (χ1v) is 5.30. The van der Waals surface area contributed by atoms with Gasteiger partial charge in [-0.2, -0.15) is 0 Å². The zero-order chi connectivity index (χ0) is 14.6. The third-order valence-corrected chi connectivity index (χ3v) is 2.31. The van der Waals surface area contributed by atoms with Crippen LogP contribution in [0.2, 0.25) is 5.02 Å². The van der Waals surface area contributed by atoms with Crippen molar-refractivity contribution in [2.24, 2.45) is 5.73 Å². The van der Waals surface area contributed by atoms with Crippen LogP contribution in [0.1, 0.15) is 5.56 Å². The van der Waals surface area contributed by atoms with E-state index in [-0.39, 0.29) is 17.1 Å². The van der Waals surface area contributed by atoms with Crippen LogP contribution in [0.3, 0.4) is 0 Å². The van der Waals surface area contributed by atoms with Crippen LogP contribution < -0.4 is 10.5 Å². The van der Waals surface area contributed by atoms with Crippen LogP contribution in [0.4, 0.5) is 13.2 Å². The summed E-state index contributed by atoms with van der Waals surface area (Å²) in [7, 11) is 0. The molecule has 0 aliphatic heterocycles. The van der Waals surface area contributed by atoms with Crippen molar-refractivity contribution in [2.45, 2.75) is 6.36 Å². The lowest BCUT2D eigenvalue weighted by Crippen LogP contribution is -2.17. The second-order valence-electron chi connectivity index (χ2n) is 3.42. The largest absolute Gasteiger partial charge is 0.573 e. The topological polar surface area (TPSA) is 72.5 Å². The first-order chi connectivity index (χ1) is 8.73. The standard InChI is InChI=1S/C11H9ClF3NO3/c12-8-4-6(3-7(5-16)10(17)18)1-2-9(8)19-11(13,14)15/h1-4H,5,16H2,(H,17,18).